The van der Waals surface area contributed by atoms with E-state index in [1.807, 2.05) is 13.8 Å². The highest BCUT2D eigenvalue weighted by atomic mass is 32.2. The smallest absolute Gasteiger partial charge is 0.345 e. The van der Waals surface area contributed by atoms with E-state index in [-0.39, 0.29) is 30.1 Å². The van der Waals surface area contributed by atoms with Crippen molar-refractivity contribution in [3.05, 3.63) is 40.7 Å². The van der Waals surface area contributed by atoms with E-state index in [1.54, 1.807) is 32.2 Å². The van der Waals surface area contributed by atoms with Crippen molar-refractivity contribution in [2.75, 3.05) is 18.5 Å². The van der Waals surface area contributed by atoms with E-state index in [1.165, 1.54) is 0 Å². The summed E-state index contributed by atoms with van der Waals surface area (Å²) in [5, 5.41) is 19.4. The van der Waals surface area contributed by atoms with E-state index >= 15 is 0 Å². The third-order valence-corrected chi connectivity index (χ3v) is 7.77. The van der Waals surface area contributed by atoms with E-state index in [2.05, 4.69) is 30.5 Å². The van der Waals surface area contributed by atoms with Crippen molar-refractivity contribution in [2.45, 2.75) is 70.4 Å². The second-order valence-corrected chi connectivity index (χ2v) is 10.9. The largest absolute Gasteiger partial charge is 0.478 e. The number of carbonyl (C=O) groups excluding carboxylic acids is 1. The average molecular weight is 535 g/mol. The lowest BCUT2D eigenvalue weighted by Crippen LogP contribution is -2.66. The standard InChI is InChI=1S/C24H34N6O6S/c1-15-12-16(2)20(17(3)13-15)37(34,35)30-24(22(32)33,28-21(31)19-8-11-36-29-19)9-6-5-7-10-25-23-26-14-18(4)27-23/h12-14,30H,5-11H2,1-4H3,(H,28,31)(H,32,33)(H2,25,26,27). The van der Waals surface area contributed by atoms with Crippen LogP contribution in [0.2, 0.25) is 0 Å². The SMILES string of the molecule is Cc1cc(C)c(S(=O)(=O)NC(CCCCCNc2nc(C)c[nH]2)(NC(=O)C2=NOCC2)C(=O)O)c(C)c1. The van der Waals surface area contributed by atoms with Gasteiger partial charge in [0.05, 0.1) is 10.6 Å². The molecule has 202 valence electrons. The first-order chi connectivity index (χ1) is 17.4. The third kappa shape index (κ3) is 7.07. The van der Waals surface area contributed by atoms with Crippen molar-refractivity contribution in [3.63, 3.8) is 0 Å². The molecule has 0 fully saturated rings. The molecule has 3 rings (SSSR count). The van der Waals surface area contributed by atoms with Gasteiger partial charge in [-0.2, -0.15) is 4.72 Å². The topological polar surface area (TPSA) is 175 Å². The number of carbonyl (C=O) groups is 2. The lowest BCUT2D eigenvalue weighted by atomic mass is 10.0. The fourth-order valence-corrected chi connectivity index (χ4v) is 6.12. The van der Waals surface area contributed by atoms with Crippen LogP contribution in [0.15, 0.2) is 28.4 Å². The lowest BCUT2D eigenvalue weighted by Gasteiger charge is -2.31. The molecule has 13 heteroatoms. The third-order valence-electron chi connectivity index (χ3n) is 5.97. The number of amides is 1. The maximum Gasteiger partial charge on any atom is 0.345 e. The van der Waals surface area contributed by atoms with Crippen LogP contribution < -0.4 is 15.4 Å². The molecule has 0 radical (unpaired) electrons. The van der Waals surface area contributed by atoms with Crippen LogP contribution in [0.3, 0.4) is 0 Å². The number of aryl methyl sites for hydroxylation is 4. The molecule has 1 unspecified atom stereocenters. The molecule has 1 aliphatic heterocycles. The zero-order valence-electron chi connectivity index (χ0n) is 21.5. The summed E-state index contributed by atoms with van der Waals surface area (Å²) in [5.74, 6) is -1.67. The molecule has 37 heavy (non-hydrogen) atoms. The van der Waals surface area contributed by atoms with Gasteiger partial charge in [0.2, 0.25) is 15.7 Å². The Morgan fingerprint density at radius 3 is 2.41 bits per heavy atom. The maximum atomic E-state index is 13.5. The number of carboxylic acid groups (broad SMARTS) is 1. The van der Waals surface area contributed by atoms with Gasteiger partial charge in [-0.1, -0.05) is 29.3 Å². The monoisotopic (exact) mass is 534 g/mol. The Labute approximate surface area is 216 Å². The molecular formula is C24H34N6O6S. The number of nitrogens with zero attached hydrogens (tertiary/aromatic N) is 2. The van der Waals surface area contributed by atoms with Crippen LogP contribution in [0.5, 0.6) is 0 Å². The Morgan fingerprint density at radius 1 is 1.14 bits per heavy atom. The summed E-state index contributed by atoms with van der Waals surface area (Å²) in [4.78, 5) is 37.5. The van der Waals surface area contributed by atoms with Crippen molar-refractivity contribution in [1.29, 1.82) is 0 Å². The van der Waals surface area contributed by atoms with Gasteiger partial charge in [0.25, 0.3) is 5.91 Å². The van der Waals surface area contributed by atoms with Gasteiger partial charge in [0.15, 0.2) is 5.95 Å². The first kappa shape index (κ1) is 28.1. The number of hydrogen-bond acceptors (Lipinski definition) is 8. The second kappa shape index (κ2) is 11.7. The summed E-state index contributed by atoms with van der Waals surface area (Å²) >= 11 is 0. The Balaban J connectivity index is 1.79. The fraction of sp³-hybridized carbons (Fsp3) is 0.500. The molecule has 0 saturated heterocycles. The number of H-pyrrole nitrogens is 1. The molecule has 1 amide bonds. The number of sulfonamides is 1. The molecule has 0 saturated carbocycles. The van der Waals surface area contributed by atoms with E-state index in [0.717, 1.165) is 11.3 Å². The van der Waals surface area contributed by atoms with Crippen molar-refractivity contribution in [1.82, 2.24) is 20.0 Å². The number of carboxylic acids is 1. The molecule has 1 aromatic heterocycles. The predicted molar refractivity (Wildman–Crippen MR) is 138 cm³/mol. The quantitative estimate of drug-likeness (QED) is 0.192. The number of nitrogens with one attached hydrogen (secondary N) is 4. The van der Waals surface area contributed by atoms with Gasteiger partial charge >= 0.3 is 5.97 Å². The number of benzene rings is 1. The van der Waals surface area contributed by atoms with Gasteiger partial charge in [0.1, 0.15) is 12.3 Å². The highest BCUT2D eigenvalue weighted by molar-refractivity contribution is 7.89. The Hall–Kier alpha value is -3.45. The summed E-state index contributed by atoms with van der Waals surface area (Å²) in [6, 6.07) is 3.42. The first-order valence-electron chi connectivity index (χ1n) is 12.1. The van der Waals surface area contributed by atoms with Crippen LogP contribution in [0.4, 0.5) is 5.95 Å². The van der Waals surface area contributed by atoms with Gasteiger partial charge in [0, 0.05) is 19.2 Å². The molecule has 1 aromatic carbocycles. The van der Waals surface area contributed by atoms with Crippen LogP contribution >= 0.6 is 0 Å². The van der Waals surface area contributed by atoms with E-state index in [0.29, 0.717) is 42.9 Å². The van der Waals surface area contributed by atoms with Crippen LogP contribution in [0.25, 0.3) is 0 Å². The molecule has 0 bridgehead atoms. The highest BCUT2D eigenvalue weighted by Gasteiger charge is 2.45. The second-order valence-electron chi connectivity index (χ2n) is 9.25. The number of aliphatic carboxylic acids is 1. The summed E-state index contributed by atoms with van der Waals surface area (Å²) in [6.45, 7) is 7.78. The number of unbranched alkanes of at least 4 members (excludes halogenated alkanes) is 2. The minimum absolute atomic E-state index is 0.00506. The summed E-state index contributed by atoms with van der Waals surface area (Å²) in [6.07, 6.45) is 3.37. The van der Waals surface area contributed by atoms with Gasteiger partial charge < -0.3 is 25.6 Å². The molecule has 1 atom stereocenters. The molecule has 1 aliphatic rings. The van der Waals surface area contributed by atoms with Crippen LogP contribution in [-0.2, 0) is 24.4 Å². The van der Waals surface area contributed by atoms with Crippen molar-refractivity contribution in [2.24, 2.45) is 5.16 Å². The van der Waals surface area contributed by atoms with Gasteiger partial charge in [-0.25, -0.2) is 18.2 Å². The van der Waals surface area contributed by atoms with Gasteiger partial charge in [-0.05, 0) is 58.1 Å². The predicted octanol–water partition coefficient (Wildman–Crippen LogP) is 2.27. The molecule has 2 heterocycles. The molecular weight excluding hydrogens is 500 g/mol. The number of hydrogen-bond donors (Lipinski definition) is 5. The van der Waals surface area contributed by atoms with Crippen molar-refractivity contribution < 1.29 is 28.0 Å². The number of anilines is 1. The Kier molecular flexibility index (Phi) is 8.92. The first-order valence-corrected chi connectivity index (χ1v) is 13.5. The van der Waals surface area contributed by atoms with E-state index in [9.17, 15) is 23.1 Å². The molecule has 2 aromatic rings. The number of oxime groups is 1. The van der Waals surface area contributed by atoms with Crippen LogP contribution in [0, 0.1) is 27.7 Å². The maximum absolute atomic E-state index is 13.5. The summed E-state index contributed by atoms with van der Waals surface area (Å²) in [7, 11) is -4.33. The number of aromatic nitrogens is 2. The molecule has 0 spiro atoms. The summed E-state index contributed by atoms with van der Waals surface area (Å²) in [5.41, 5.74) is 0.408. The molecule has 5 N–H and O–H groups in total. The number of aromatic amines is 1. The minimum Gasteiger partial charge on any atom is -0.478 e. The Morgan fingerprint density at radius 2 is 1.84 bits per heavy atom. The van der Waals surface area contributed by atoms with Gasteiger partial charge in [-0.15, -0.1) is 0 Å². The lowest BCUT2D eigenvalue weighted by molar-refractivity contribution is -0.148. The Bertz CT molecular complexity index is 1270. The number of imidazole rings is 1. The highest BCUT2D eigenvalue weighted by Crippen LogP contribution is 2.25. The average Bonchev–Trinajstić information content (AvgIpc) is 3.46. The molecule has 12 nitrogen and oxygen atoms in total. The molecule has 0 aliphatic carbocycles. The van der Waals surface area contributed by atoms with Crippen LogP contribution in [0.1, 0.15) is 54.5 Å². The minimum atomic E-state index is -4.33. The van der Waals surface area contributed by atoms with E-state index in [4.69, 9.17) is 4.84 Å². The number of rotatable bonds is 13. The van der Waals surface area contributed by atoms with Gasteiger partial charge in [-0.3, -0.25) is 4.79 Å². The zero-order valence-corrected chi connectivity index (χ0v) is 22.3. The van der Waals surface area contributed by atoms with Crippen molar-refractivity contribution in [3.8, 4) is 0 Å². The van der Waals surface area contributed by atoms with Crippen LogP contribution in [-0.4, -0.2) is 59.9 Å². The fourth-order valence-electron chi connectivity index (χ4n) is 4.35. The van der Waals surface area contributed by atoms with Crippen molar-refractivity contribution >= 4 is 33.6 Å². The summed E-state index contributed by atoms with van der Waals surface area (Å²) < 4.78 is 29.3. The zero-order chi connectivity index (χ0) is 27.2. The van der Waals surface area contributed by atoms with E-state index < -0.39 is 27.6 Å². The normalized spacial score (nSPS) is 15.0.